The Morgan fingerprint density at radius 1 is 1.31 bits per heavy atom. The molecule has 3 heteroatoms. The third kappa shape index (κ3) is 3.80. The van der Waals surface area contributed by atoms with Crippen molar-refractivity contribution in [3.8, 4) is 0 Å². The van der Waals surface area contributed by atoms with E-state index in [1.54, 1.807) is 18.2 Å². The second-order valence-corrected chi connectivity index (χ2v) is 5.10. The average Bonchev–Trinajstić information content (AvgIpc) is 2.21. The molecule has 1 nitrogen and oxygen atoms in total. The summed E-state index contributed by atoms with van der Waals surface area (Å²) in [4.78, 5) is 11.9. The fourth-order valence-corrected chi connectivity index (χ4v) is 1.93. The summed E-state index contributed by atoms with van der Waals surface area (Å²) in [7, 11) is 0. The van der Waals surface area contributed by atoms with E-state index in [1.165, 1.54) is 0 Å². The van der Waals surface area contributed by atoms with Crippen LogP contribution in [0.2, 0.25) is 10.0 Å². The van der Waals surface area contributed by atoms with Crippen LogP contribution in [0.4, 0.5) is 0 Å². The monoisotopic (exact) mass is 258 g/mol. The molecule has 0 atom stereocenters. The lowest BCUT2D eigenvalue weighted by Gasteiger charge is -2.06. The summed E-state index contributed by atoms with van der Waals surface area (Å²) in [5, 5.41) is 0.815. The van der Waals surface area contributed by atoms with E-state index in [9.17, 15) is 4.79 Å². The molecule has 0 saturated heterocycles. The van der Waals surface area contributed by atoms with Gasteiger partial charge < -0.3 is 0 Å². The van der Waals surface area contributed by atoms with E-state index in [4.69, 9.17) is 23.2 Å². The van der Waals surface area contributed by atoms with E-state index >= 15 is 0 Å². The Bertz CT molecular complexity index is 372. The van der Waals surface area contributed by atoms with Gasteiger partial charge in [0.15, 0.2) is 5.78 Å². The van der Waals surface area contributed by atoms with E-state index in [-0.39, 0.29) is 5.78 Å². The normalized spacial score (nSPS) is 10.8. The molecule has 0 saturated carbocycles. The number of ketones is 1. The zero-order valence-corrected chi connectivity index (χ0v) is 11.1. The summed E-state index contributed by atoms with van der Waals surface area (Å²) in [6, 6.07) is 5.17. The van der Waals surface area contributed by atoms with Gasteiger partial charge in [0.25, 0.3) is 0 Å². The number of carbonyl (C=O) groups is 1. The van der Waals surface area contributed by atoms with Crippen LogP contribution in [0, 0.1) is 5.92 Å². The molecule has 0 aliphatic heterocycles. The molecule has 0 heterocycles. The SMILES string of the molecule is CC(C)CCCC(=O)c1cccc(Cl)c1Cl. The minimum absolute atomic E-state index is 0.0770. The van der Waals surface area contributed by atoms with Crippen molar-refractivity contribution in [2.24, 2.45) is 5.92 Å². The molecular weight excluding hydrogens is 243 g/mol. The maximum absolute atomic E-state index is 11.9. The largest absolute Gasteiger partial charge is 0.294 e. The first-order valence-corrected chi connectivity index (χ1v) is 6.25. The van der Waals surface area contributed by atoms with Crippen molar-refractivity contribution in [2.75, 3.05) is 0 Å². The molecule has 0 N–H and O–H groups in total. The lowest BCUT2D eigenvalue weighted by molar-refractivity contribution is 0.0978. The third-order valence-corrected chi connectivity index (χ3v) is 3.26. The van der Waals surface area contributed by atoms with Crippen molar-refractivity contribution >= 4 is 29.0 Å². The van der Waals surface area contributed by atoms with Gasteiger partial charge in [-0.25, -0.2) is 0 Å². The van der Waals surface area contributed by atoms with Crippen LogP contribution in [0.25, 0.3) is 0 Å². The Hall–Kier alpha value is -0.530. The standard InChI is InChI=1S/C13H16Cl2O/c1-9(2)5-3-8-12(16)10-6-4-7-11(14)13(10)15/h4,6-7,9H,3,5,8H2,1-2H3. The van der Waals surface area contributed by atoms with Crippen LogP contribution in [0.1, 0.15) is 43.5 Å². The number of Topliss-reactive ketones (excluding diaryl/α,β-unsaturated/α-hetero) is 1. The Morgan fingerprint density at radius 2 is 2.00 bits per heavy atom. The fourth-order valence-electron chi connectivity index (χ4n) is 1.52. The van der Waals surface area contributed by atoms with Crippen LogP contribution in [-0.4, -0.2) is 5.78 Å². The van der Waals surface area contributed by atoms with Crippen LogP contribution in [0.5, 0.6) is 0 Å². The Kier molecular flexibility index (Phi) is 5.30. The highest BCUT2D eigenvalue weighted by atomic mass is 35.5. The molecule has 0 amide bonds. The number of benzene rings is 1. The predicted molar refractivity (Wildman–Crippen MR) is 69.5 cm³/mol. The highest BCUT2D eigenvalue weighted by Crippen LogP contribution is 2.26. The first-order chi connectivity index (χ1) is 7.52. The molecule has 88 valence electrons. The third-order valence-electron chi connectivity index (χ3n) is 2.44. The number of halogens is 2. The number of carbonyl (C=O) groups excluding carboxylic acids is 1. The van der Waals surface area contributed by atoms with Gasteiger partial charge in [0.2, 0.25) is 0 Å². The van der Waals surface area contributed by atoms with Gasteiger partial charge in [-0.2, -0.15) is 0 Å². The summed E-state index contributed by atoms with van der Waals surface area (Å²) in [6.45, 7) is 4.30. The average molecular weight is 259 g/mol. The van der Waals surface area contributed by atoms with Crippen LogP contribution < -0.4 is 0 Å². The van der Waals surface area contributed by atoms with Crippen LogP contribution in [-0.2, 0) is 0 Å². The molecule has 0 aliphatic rings. The summed E-state index contributed by atoms with van der Waals surface area (Å²) in [5.41, 5.74) is 0.540. The van der Waals surface area contributed by atoms with Gasteiger partial charge in [-0.15, -0.1) is 0 Å². The van der Waals surface area contributed by atoms with E-state index in [0.717, 1.165) is 12.8 Å². The second-order valence-electron chi connectivity index (χ2n) is 4.31. The first-order valence-electron chi connectivity index (χ1n) is 5.49. The Labute approximate surface area is 107 Å². The van der Waals surface area contributed by atoms with E-state index in [0.29, 0.717) is 27.9 Å². The summed E-state index contributed by atoms with van der Waals surface area (Å²) in [5.74, 6) is 0.704. The van der Waals surface area contributed by atoms with Crippen LogP contribution in [0.15, 0.2) is 18.2 Å². The number of hydrogen-bond donors (Lipinski definition) is 0. The van der Waals surface area contributed by atoms with Gasteiger partial charge >= 0.3 is 0 Å². The van der Waals surface area contributed by atoms with Crippen molar-refractivity contribution in [1.82, 2.24) is 0 Å². The maximum Gasteiger partial charge on any atom is 0.164 e. The Morgan fingerprint density at radius 3 is 2.62 bits per heavy atom. The van der Waals surface area contributed by atoms with Crippen molar-refractivity contribution in [1.29, 1.82) is 0 Å². The molecule has 0 radical (unpaired) electrons. The summed E-state index contributed by atoms with van der Waals surface area (Å²) >= 11 is 11.8. The molecule has 0 fully saturated rings. The van der Waals surface area contributed by atoms with Gasteiger partial charge in [-0.1, -0.05) is 49.5 Å². The topological polar surface area (TPSA) is 17.1 Å². The number of hydrogen-bond acceptors (Lipinski definition) is 1. The molecule has 0 aliphatic carbocycles. The molecule has 1 rings (SSSR count). The van der Waals surface area contributed by atoms with Crippen LogP contribution >= 0.6 is 23.2 Å². The van der Waals surface area contributed by atoms with Gasteiger partial charge in [-0.05, 0) is 24.5 Å². The molecule has 0 unspecified atom stereocenters. The smallest absolute Gasteiger partial charge is 0.164 e. The summed E-state index contributed by atoms with van der Waals surface area (Å²) in [6.07, 6.45) is 2.50. The minimum Gasteiger partial charge on any atom is -0.294 e. The van der Waals surface area contributed by atoms with E-state index < -0.39 is 0 Å². The lowest BCUT2D eigenvalue weighted by atomic mass is 10.0. The zero-order chi connectivity index (χ0) is 12.1. The van der Waals surface area contributed by atoms with E-state index in [1.807, 2.05) is 0 Å². The van der Waals surface area contributed by atoms with E-state index in [2.05, 4.69) is 13.8 Å². The molecule has 1 aromatic rings. The molecule has 0 spiro atoms. The van der Waals surface area contributed by atoms with Gasteiger partial charge in [0.1, 0.15) is 0 Å². The van der Waals surface area contributed by atoms with Crippen molar-refractivity contribution < 1.29 is 4.79 Å². The predicted octanol–water partition coefficient (Wildman–Crippen LogP) is 5.00. The zero-order valence-electron chi connectivity index (χ0n) is 9.59. The van der Waals surface area contributed by atoms with Crippen molar-refractivity contribution in [3.05, 3.63) is 33.8 Å². The maximum atomic E-state index is 11.9. The van der Waals surface area contributed by atoms with Crippen molar-refractivity contribution in [3.63, 3.8) is 0 Å². The van der Waals surface area contributed by atoms with Gasteiger partial charge in [0, 0.05) is 12.0 Å². The summed E-state index contributed by atoms with van der Waals surface area (Å²) < 4.78 is 0. The fraction of sp³-hybridized carbons (Fsp3) is 0.462. The number of rotatable bonds is 5. The minimum atomic E-state index is 0.0770. The molecule has 16 heavy (non-hydrogen) atoms. The van der Waals surface area contributed by atoms with Gasteiger partial charge in [0.05, 0.1) is 10.0 Å². The van der Waals surface area contributed by atoms with Gasteiger partial charge in [-0.3, -0.25) is 4.79 Å². The molecule has 0 bridgehead atoms. The Balaban J connectivity index is 2.63. The van der Waals surface area contributed by atoms with Crippen LogP contribution in [0.3, 0.4) is 0 Å². The first kappa shape index (κ1) is 13.5. The highest BCUT2D eigenvalue weighted by Gasteiger charge is 2.12. The second kappa shape index (κ2) is 6.27. The molecule has 1 aromatic carbocycles. The van der Waals surface area contributed by atoms with Crippen molar-refractivity contribution in [2.45, 2.75) is 33.1 Å². The molecule has 0 aromatic heterocycles. The molecular formula is C13H16Cl2O. The lowest BCUT2D eigenvalue weighted by Crippen LogP contribution is -2.01. The quantitative estimate of drug-likeness (QED) is 0.680. The highest BCUT2D eigenvalue weighted by molar-refractivity contribution is 6.43.